The first-order valence-electron chi connectivity index (χ1n) is 4.07. The number of guanidine groups is 1. The lowest BCUT2D eigenvalue weighted by Gasteiger charge is -2.21. The van der Waals surface area contributed by atoms with E-state index in [2.05, 4.69) is 10.3 Å². The molecule has 72 valence electrons. The third-order valence-electron chi connectivity index (χ3n) is 1.03. The molecule has 1 atom stereocenters. The molecule has 0 radical (unpaired) electrons. The number of nitrogens with zero attached hydrogens (tertiary/aromatic N) is 1. The Bertz CT molecular complexity index is 158. The lowest BCUT2D eigenvalue weighted by atomic mass is 10.1. The number of aliphatic hydroxyl groups is 1. The van der Waals surface area contributed by atoms with Gasteiger partial charge in [0.1, 0.15) is 0 Å². The van der Waals surface area contributed by atoms with Crippen molar-refractivity contribution in [1.29, 1.82) is 0 Å². The van der Waals surface area contributed by atoms with E-state index in [0.717, 1.165) is 0 Å². The van der Waals surface area contributed by atoms with Gasteiger partial charge in [0.25, 0.3) is 0 Å². The summed E-state index contributed by atoms with van der Waals surface area (Å²) < 4.78 is 0. The van der Waals surface area contributed by atoms with E-state index < -0.39 is 6.10 Å². The molecule has 0 aromatic carbocycles. The van der Waals surface area contributed by atoms with Gasteiger partial charge in [0.05, 0.1) is 12.6 Å². The van der Waals surface area contributed by atoms with E-state index in [1.165, 1.54) is 0 Å². The minimum Gasteiger partial charge on any atom is -0.391 e. The Labute approximate surface area is 73.9 Å². The van der Waals surface area contributed by atoms with Crippen LogP contribution in [0.3, 0.4) is 0 Å². The minimum absolute atomic E-state index is 0.0771. The van der Waals surface area contributed by atoms with Crippen LogP contribution in [0.2, 0.25) is 0 Å². The van der Waals surface area contributed by atoms with Crippen LogP contribution >= 0.6 is 0 Å². The van der Waals surface area contributed by atoms with Gasteiger partial charge in [-0.25, -0.2) is 0 Å². The van der Waals surface area contributed by atoms with E-state index in [1.807, 2.05) is 20.8 Å². The molecule has 4 heteroatoms. The molecule has 0 saturated carbocycles. The third-order valence-corrected chi connectivity index (χ3v) is 1.03. The molecule has 0 fully saturated rings. The third kappa shape index (κ3) is 7.34. The van der Waals surface area contributed by atoms with Gasteiger partial charge in [-0.05, 0) is 27.7 Å². The highest BCUT2D eigenvalue weighted by Crippen LogP contribution is 1.96. The summed E-state index contributed by atoms with van der Waals surface area (Å²) in [5, 5.41) is 11.9. The molecule has 0 bridgehead atoms. The highest BCUT2D eigenvalue weighted by atomic mass is 16.3. The van der Waals surface area contributed by atoms with Gasteiger partial charge in [0, 0.05) is 5.54 Å². The number of rotatable bonds is 2. The zero-order chi connectivity index (χ0) is 9.78. The molecule has 0 aliphatic carbocycles. The summed E-state index contributed by atoms with van der Waals surface area (Å²) in [5.41, 5.74) is 5.46. The van der Waals surface area contributed by atoms with Gasteiger partial charge in [-0.3, -0.25) is 4.99 Å². The summed E-state index contributed by atoms with van der Waals surface area (Å²) in [5.74, 6) is 0.378. The molecule has 4 nitrogen and oxygen atoms in total. The first kappa shape index (κ1) is 11.2. The Hall–Kier alpha value is -0.770. The largest absolute Gasteiger partial charge is 0.391 e. The van der Waals surface area contributed by atoms with Gasteiger partial charge in [-0.2, -0.15) is 0 Å². The van der Waals surface area contributed by atoms with Crippen molar-refractivity contribution >= 4 is 5.96 Å². The molecule has 0 rings (SSSR count). The molecule has 0 amide bonds. The van der Waals surface area contributed by atoms with Crippen LogP contribution in [0.4, 0.5) is 0 Å². The normalized spacial score (nSPS) is 15.9. The summed E-state index contributed by atoms with van der Waals surface area (Å²) in [6.45, 7) is 8.01. The molecular formula is C8H19N3O. The maximum Gasteiger partial charge on any atom is 0.189 e. The van der Waals surface area contributed by atoms with E-state index in [4.69, 9.17) is 10.8 Å². The highest BCUT2D eigenvalue weighted by Gasteiger charge is 2.09. The van der Waals surface area contributed by atoms with Gasteiger partial charge in [0.2, 0.25) is 0 Å². The Morgan fingerprint density at radius 3 is 2.42 bits per heavy atom. The quantitative estimate of drug-likeness (QED) is 0.409. The summed E-state index contributed by atoms with van der Waals surface area (Å²) in [6, 6.07) is 0. The van der Waals surface area contributed by atoms with Crippen molar-refractivity contribution < 1.29 is 5.11 Å². The first-order chi connectivity index (χ1) is 5.31. The lowest BCUT2D eigenvalue weighted by molar-refractivity contribution is 0.203. The van der Waals surface area contributed by atoms with Crippen LogP contribution in [0.15, 0.2) is 4.99 Å². The molecule has 0 aliphatic rings. The fourth-order valence-electron chi connectivity index (χ4n) is 0.654. The van der Waals surface area contributed by atoms with Crippen molar-refractivity contribution in [3.63, 3.8) is 0 Å². The van der Waals surface area contributed by atoms with Crippen LogP contribution in [0, 0.1) is 0 Å². The van der Waals surface area contributed by atoms with Gasteiger partial charge in [0.15, 0.2) is 5.96 Å². The van der Waals surface area contributed by atoms with Crippen molar-refractivity contribution in [3.05, 3.63) is 0 Å². The van der Waals surface area contributed by atoms with E-state index >= 15 is 0 Å². The number of hydrogen-bond acceptors (Lipinski definition) is 2. The molecular weight excluding hydrogens is 154 g/mol. The second-order valence-electron chi connectivity index (χ2n) is 3.95. The Kier molecular flexibility index (Phi) is 4.03. The number of hydrogen-bond donors (Lipinski definition) is 3. The standard InChI is InChI=1S/C8H19N3O/c1-6(12)5-10-7(9)11-8(2,3)4/h6,12H,5H2,1-4H3,(H3,9,10,11)/t6-/m1/s1. The van der Waals surface area contributed by atoms with Gasteiger partial charge in [-0.1, -0.05) is 0 Å². The van der Waals surface area contributed by atoms with Crippen LogP contribution in [0.1, 0.15) is 27.7 Å². The monoisotopic (exact) mass is 173 g/mol. The number of aliphatic imine (C=N–C) groups is 1. The van der Waals surface area contributed by atoms with Crippen molar-refractivity contribution in [2.75, 3.05) is 6.54 Å². The van der Waals surface area contributed by atoms with E-state index in [1.54, 1.807) is 6.92 Å². The van der Waals surface area contributed by atoms with E-state index in [0.29, 0.717) is 12.5 Å². The van der Waals surface area contributed by atoms with Crippen LogP contribution in [-0.2, 0) is 0 Å². The zero-order valence-electron chi connectivity index (χ0n) is 8.26. The molecule has 0 aromatic rings. The average molecular weight is 173 g/mol. The average Bonchev–Trinajstić information content (AvgIpc) is 1.79. The van der Waals surface area contributed by atoms with Gasteiger partial charge in [-0.15, -0.1) is 0 Å². The molecule has 0 aromatic heterocycles. The zero-order valence-corrected chi connectivity index (χ0v) is 8.26. The SMILES string of the molecule is C[C@@H](O)CN=C(N)NC(C)(C)C. The number of nitrogens with two attached hydrogens (primary N) is 1. The van der Waals surface area contributed by atoms with Crippen LogP contribution in [0.25, 0.3) is 0 Å². The summed E-state index contributed by atoms with van der Waals surface area (Å²) >= 11 is 0. The smallest absolute Gasteiger partial charge is 0.189 e. The Balaban J connectivity index is 3.86. The summed E-state index contributed by atoms with van der Waals surface area (Å²) in [6.07, 6.45) is -0.440. The fourth-order valence-corrected chi connectivity index (χ4v) is 0.654. The number of nitrogens with one attached hydrogen (secondary N) is 1. The lowest BCUT2D eigenvalue weighted by Crippen LogP contribution is -2.45. The fraction of sp³-hybridized carbons (Fsp3) is 0.875. The van der Waals surface area contributed by atoms with Crippen LogP contribution < -0.4 is 11.1 Å². The van der Waals surface area contributed by atoms with Crippen molar-refractivity contribution in [2.24, 2.45) is 10.7 Å². The molecule has 0 unspecified atom stereocenters. The second kappa shape index (κ2) is 4.30. The van der Waals surface area contributed by atoms with Gasteiger partial charge < -0.3 is 16.2 Å². The molecule has 0 saturated heterocycles. The molecule has 0 aliphatic heterocycles. The summed E-state index contributed by atoms with van der Waals surface area (Å²) in [7, 11) is 0. The molecule has 0 spiro atoms. The van der Waals surface area contributed by atoms with Crippen LogP contribution in [0.5, 0.6) is 0 Å². The maximum atomic E-state index is 8.91. The van der Waals surface area contributed by atoms with Crippen molar-refractivity contribution in [1.82, 2.24) is 5.32 Å². The van der Waals surface area contributed by atoms with Crippen molar-refractivity contribution in [3.8, 4) is 0 Å². The van der Waals surface area contributed by atoms with Crippen LogP contribution in [-0.4, -0.2) is 29.3 Å². The molecule has 12 heavy (non-hydrogen) atoms. The maximum absolute atomic E-state index is 8.91. The highest BCUT2D eigenvalue weighted by molar-refractivity contribution is 5.78. The van der Waals surface area contributed by atoms with E-state index in [9.17, 15) is 0 Å². The molecule has 0 heterocycles. The van der Waals surface area contributed by atoms with E-state index in [-0.39, 0.29) is 5.54 Å². The predicted octanol–water partition coefficient (Wildman–Crippen LogP) is 0.0700. The second-order valence-corrected chi connectivity index (χ2v) is 3.95. The Morgan fingerprint density at radius 1 is 1.58 bits per heavy atom. The number of aliphatic hydroxyl groups excluding tert-OH is 1. The predicted molar refractivity (Wildman–Crippen MR) is 51.1 cm³/mol. The van der Waals surface area contributed by atoms with Crippen molar-refractivity contribution in [2.45, 2.75) is 39.3 Å². The Morgan fingerprint density at radius 2 is 2.08 bits per heavy atom. The molecule has 4 N–H and O–H groups in total. The topological polar surface area (TPSA) is 70.6 Å². The minimum atomic E-state index is -0.440. The van der Waals surface area contributed by atoms with Gasteiger partial charge >= 0.3 is 0 Å². The summed E-state index contributed by atoms with van der Waals surface area (Å²) in [4.78, 5) is 3.94. The first-order valence-corrected chi connectivity index (χ1v) is 4.07.